The zero-order valence-electron chi connectivity index (χ0n) is 8.52. The molecule has 3 nitrogen and oxygen atoms in total. The van der Waals surface area contributed by atoms with Crippen LogP contribution in [0.3, 0.4) is 0 Å². The maximum atomic E-state index is 10.4. The van der Waals surface area contributed by atoms with Gasteiger partial charge in [0.15, 0.2) is 0 Å². The smallest absolute Gasteiger partial charge is 0.328 e. The molecule has 0 spiro atoms. The summed E-state index contributed by atoms with van der Waals surface area (Å²) in [6.45, 7) is 0. The zero-order chi connectivity index (χ0) is 12.0. The van der Waals surface area contributed by atoms with Crippen LogP contribution in [0.15, 0.2) is 28.7 Å². The van der Waals surface area contributed by atoms with Gasteiger partial charge in [-0.25, -0.2) is 4.79 Å². The number of benzene rings is 1. The first-order valence-electron chi connectivity index (χ1n) is 4.77. The highest BCUT2D eigenvalue weighted by Crippen LogP contribution is 2.23. The lowest BCUT2D eigenvalue weighted by Gasteiger charge is -2.06. The number of halogens is 1. The van der Waals surface area contributed by atoms with Gasteiger partial charge in [-0.05, 0) is 29.7 Å². The average molecular weight is 283 g/mol. The molecule has 4 heteroatoms. The topological polar surface area (TPSA) is 54.4 Å². The number of rotatable bonds is 5. The summed E-state index contributed by atoms with van der Waals surface area (Å²) < 4.78 is 0.891. The third-order valence-corrected chi connectivity index (χ3v) is 2.82. The Kier molecular flexibility index (Phi) is 4.92. The number of hydrogen-bond donors (Lipinski definition) is 1. The van der Waals surface area contributed by atoms with Crippen molar-refractivity contribution in [2.45, 2.75) is 12.8 Å². The lowest BCUT2D eigenvalue weighted by Crippen LogP contribution is -1.93. The molecule has 0 saturated heterocycles. The highest BCUT2D eigenvalue weighted by Gasteiger charge is 2.04. The largest absolute Gasteiger partial charge is 0.478 e. The highest BCUT2D eigenvalue weighted by atomic mass is 79.9. The predicted molar refractivity (Wildman–Crippen MR) is 65.2 cm³/mol. The van der Waals surface area contributed by atoms with Crippen molar-refractivity contribution < 1.29 is 14.7 Å². The van der Waals surface area contributed by atoms with Gasteiger partial charge in [-0.3, -0.25) is 0 Å². The Hall–Kier alpha value is -1.42. The van der Waals surface area contributed by atoms with Gasteiger partial charge >= 0.3 is 5.97 Å². The summed E-state index contributed by atoms with van der Waals surface area (Å²) in [6.07, 6.45) is 4.50. The second-order valence-corrected chi connectivity index (χ2v) is 4.04. The number of carboxylic acid groups (broad SMARTS) is 1. The molecule has 1 aromatic rings. The van der Waals surface area contributed by atoms with Crippen LogP contribution in [0.25, 0.3) is 6.08 Å². The van der Waals surface area contributed by atoms with E-state index in [9.17, 15) is 9.59 Å². The summed E-state index contributed by atoms with van der Waals surface area (Å²) in [5, 5.41) is 8.56. The minimum atomic E-state index is -0.985. The number of carbonyl (C=O) groups is 2. The van der Waals surface area contributed by atoms with Crippen molar-refractivity contribution in [3.8, 4) is 0 Å². The minimum Gasteiger partial charge on any atom is -0.478 e. The van der Waals surface area contributed by atoms with E-state index in [-0.39, 0.29) is 0 Å². The first kappa shape index (κ1) is 12.6. The van der Waals surface area contributed by atoms with Gasteiger partial charge in [-0.2, -0.15) is 0 Å². The van der Waals surface area contributed by atoms with E-state index in [1.165, 1.54) is 6.08 Å². The fourth-order valence-corrected chi connectivity index (χ4v) is 1.94. The molecule has 0 fully saturated rings. The van der Waals surface area contributed by atoms with Crippen molar-refractivity contribution >= 4 is 34.3 Å². The highest BCUT2D eigenvalue weighted by molar-refractivity contribution is 9.10. The fourth-order valence-electron chi connectivity index (χ4n) is 1.36. The van der Waals surface area contributed by atoms with Gasteiger partial charge in [0.2, 0.25) is 0 Å². The van der Waals surface area contributed by atoms with E-state index in [0.717, 1.165) is 28.0 Å². The van der Waals surface area contributed by atoms with Crippen molar-refractivity contribution in [3.05, 3.63) is 39.9 Å². The van der Waals surface area contributed by atoms with Gasteiger partial charge in [-0.1, -0.05) is 28.1 Å². The number of carbonyl (C=O) groups excluding carboxylic acids is 1. The molecule has 0 radical (unpaired) electrons. The standard InChI is InChI=1S/C12H11BrO3/c13-11-5-1-3-9(6-7-12(15)16)10(11)4-2-8-14/h1,3,5-8H,2,4H2,(H,15,16)/b7-6+. The van der Waals surface area contributed by atoms with Gasteiger partial charge in [0.25, 0.3) is 0 Å². The van der Waals surface area contributed by atoms with Crippen molar-refractivity contribution in [2.24, 2.45) is 0 Å². The Labute approximate surface area is 102 Å². The molecule has 84 valence electrons. The Bertz CT molecular complexity index is 424. The van der Waals surface area contributed by atoms with Crippen LogP contribution in [0.1, 0.15) is 17.5 Å². The first-order valence-corrected chi connectivity index (χ1v) is 5.56. The molecule has 1 N–H and O–H groups in total. The molecular weight excluding hydrogens is 272 g/mol. The molecule has 0 amide bonds. The average Bonchev–Trinajstić information content (AvgIpc) is 2.25. The molecule has 0 unspecified atom stereocenters. The van der Waals surface area contributed by atoms with Crippen molar-refractivity contribution in [3.63, 3.8) is 0 Å². The van der Waals surface area contributed by atoms with E-state index in [1.807, 2.05) is 18.2 Å². The number of aliphatic carboxylic acids is 1. The lowest BCUT2D eigenvalue weighted by molar-refractivity contribution is -0.131. The number of carboxylic acids is 1. The van der Waals surface area contributed by atoms with Gasteiger partial charge in [0, 0.05) is 17.0 Å². The number of aldehydes is 1. The Morgan fingerprint density at radius 3 is 2.81 bits per heavy atom. The minimum absolute atomic E-state index is 0.427. The molecule has 0 aliphatic heterocycles. The predicted octanol–water partition coefficient (Wildman–Crippen LogP) is 2.68. The Morgan fingerprint density at radius 2 is 2.19 bits per heavy atom. The van der Waals surface area contributed by atoms with Crippen LogP contribution in [0.5, 0.6) is 0 Å². The van der Waals surface area contributed by atoms with E-state index >= 15 is 0 Å². The van der Waals surface area contributed by atoms with Gasteiger partial charge in [0.05, 0.1) is 0 Å². The molecule has 16 heavy (non-hydrogen) atoms. The Balaban J connectivity index is 3.02. The summed E-state index contributed by atoms with van der Waals surface area (Å²) in [7, 11) is 0. The maximum Gasteiger partial charge on any atom is 0.328 e. The molecule has 0 aliphatic rings. The van der Waals surface area contributed by atoms with E-state index < -0.39 is 5.97 Å². The molecular formula is C12H11BrO3. The van der Waals surface area contributed by atoms with Crippen LogP contribution >= 0.6 is 15.9 Å². The maximum absolute atomic E-state index is 10.4. The Morgan fingerprint density at radius 1 is 1.44 bits per heavy atom. The van der Waals surface area contributed by atoms with E-state index in [2.05, 4.69) is 15.9 Å². The summed E-state index contributed by atoms with van der Waals surface area (Å²) in [5.41, 5.74) is 1.77. The zero-order valence-corrected chi connectivity index (χ0v) is 10.1. The second kappa shape index (κ2) is 6.23. The van der Waals surface area contributed by atoms with Crippen molar-refractivity contribution in [1.82, 2.24) is 0 Å². The third kappa shape index (κ3) is 3.62. The monoisotopic (exact) mass is 282 g/mol. The van der Waals surface area contributed by atoms with E-state index in [0.29, 0.717) is 12.8 Å². The van der Waals surface area contributed by atoms with Crippen molar-refractivity contribution in [1.29, 1.82) is 0 Å². The fraction of sp³-hybridized carbons (Fsp3) is 0.167. The molecule has 0 saturated carbocycles. The van der Waals surface area contributed by atoms with Crippen LogP contribution in [0.2, 0.25) is 0 Å². The summed E-state index contributed by atoms with van der Waals surface area (Å²) in [5.74, 6) is -0.985. The molecule has 0 aliphatic carbocycles. The SMILES string of the molecule is O=CCCc1c(Br)cccc1/C=C/C(=O)O. The summed E-state index contributed by atoms with van der Waals surface area (Å²) in [6, 6.07) is 5.53. The quantitative estimate of drug-likeness (QED) is 0.667. The van der Waals surface area contributed by atoms with Gasteiger partial charge < -0.3 is 9.90 Å². The van der Waals surface area contributed by atoms with E-state index in [1.54, 1.807) is 0 Å². The van der Waals surface area contributed by atoms with Crippen LogP contribution in [-0.2, 0) is 16.0 Å². The van der Waals surface area contributed by atoms with Crippen molar-refractivity contribution in [2.75, 3.05) is 0 Å². The normalized spacial score (nSPS) is 10.6. The van der Waals surface area contributed by atoms with Crippen LogP contribution < -0.4 is 0 Å². The third-order valence-electron chi connectivity index (χ3n) is 2.07. The summed E-state index contributed by atoms with van der Waals surface area (Å²) >= 11 is 3.39. The molecule has 1 aromatic carbocycles. The second-order valence-electron chi connectivity index (χ2n) is 3.18. The molecule has 0 bridgehead atoms. The van der Waals surface area contributed by atoms with Crippen LogP contribution in [-0.4, -0.2) is 17.4 Å². The van der Waals surface area contributed by atoms with Crippen LogP contribution in [0.4, 0.5) is 0 Å². The van der Waals surface area contributed by atoms with Gasteiger partial charge in [0.1, 0.15) is 6.29 Å². The summed E-state index contributed by atoms with van der Waals surface area (Å²) in [4.78, 5) is 20.8. The first-order chi connectivity index (χ1) is 7.65. The molecule has 0 atom stereocenters. The lowest BCUT2D eigenvalue weighted by atomic mass is 10.0. The molecule has 1 rings (SSSR count). The number of hydrogen-bond acceptors (Lipinski definition) is 2. The molecule has 0 heterocycles. The van der Waals surface area contributed by atoms with Crippen LogP contribution in [0, 0.1) is 0 Å². The van der Waals surface area contributed by atoms with Gasteiger partial charge in [-0.15, -0.1) is 0 Å². The molecule has 0 aromatic heterocycles. The van der Waals surface area contributed by atoms with E-state index in [4.69, 9.17) is 5.11 Å².